The number of hydrogen-bond acceptors (Lipinski definition) is 7. The number of alkyl halides is 6. The number of H-pyrrole nitrogens is 1. The highest BCUT2D eigenvalue weighted by Gasteiger charge is 2.38. The molecule has 0 saturated heterocycles. The van der Waals surface area contributed by atoms with Crippen molar-refractivity contribution in [1.29, 1.82) is 0 Å². The van der Waals surface area contributed by atoms with Crippen molar-refractivity contribution in [3.63, 3.8) is 0 Å². The number of fused-ring (bicyclic) bond motifs is 1. The number of halogens is 7. The maximum atomic E-state index is 14.9. The Morgan fingerprint density at radius 2 is 1.88 bits per heavy atom. The van der Waals surface area contributed by atoms with Gasteiger partial charge in [-0.25, -0.2) is 32.6 Å². The molecule has 0 aliphatic rings. The van der Waals surface area contributed by atoms with Gasteiger partial charge in [-0.05, 0) is 30.5 Å². The number of nitrogen functional groups attached to an aromatic ring is 1. The fourth-order valence-corrected chi connectivity index (χ4v) is 3.98. The van der Waals surface area contributed by atoms with Crippen molar-refractivity contribution in [2.24, 2.45) is 0 Å². The van der Waals surface area contributed by atoms with Crippen LogP contribution < -0.4 is 21.6 Å². The van der Waals surface area contributed by atoms with E-state index in [1.54, 1.807) is 5.10 Å². The predicted molar refractivity (Wildman–Crippen MR) is 128 cm³/mol. The zero-order chi connectivity index (χ0) is 29.4. The van der Waals surface area contributed by atoms with Crippen LogP contribution in [0.4, 0.5) is 36.6 Å². The minimum absolute atomic E-state index is 0.137. The molecular weight excluding hydrogens is 553 g/mol. The number of aromatic amines is 1. The van der Waals surface area contributed by atoms with Crippen LogP contribution in [0.5, 0.6) is 5.75 Å². The van der Waals surface area contributed by atoms with E-state index in [0.717, 1.165) is 16.8 Å². The highest BCUT2D eigenvalue weighted by atomic mass is 19.4. The lowest BCUT2D eigenvalue weighted by atomic mass is 10.1. The molecule has 0 fully saturated rings. The summed E-state index contributed by atoms with van der Waals surface area (Å²) in [7, 11) is 0. The van der Waals surface area contributed by atoms with E-state index in [-0.39, 0.29) is 22.2 Å². The number of anilines is 1. The number of rotatable bonds is 8. The van der Waals surface area contributed by atoms with Crippen LogP contribution in [-0.4, -0.2) is 37.0 Å². The fourth-order valence-electron chi connectivity index (χ4n) is 3.98. The van der Waals surface area contributed by atoms with Crippen molar-refractivity contribution in [2.45, 2.75) is 44.8 Å². The summed E-state index contributed by atoms with van der Waals surface area (Å²) in [6.45, 7) is 0.733. The molecule has 0 unspecified atom stereocenters. The SMILES string of the molecule is C[C@@H](C[C@H](F)Cn1ccc2cc(-c3ncc(C(F)F)c(N)n3)c(F)cc2c1=O)Oc1cn[nH]c(=O)c1C(F)(F)F. The van der Waals surface area contributed by atoms with E-state index in [0.29, 0.717) is 6.20 Å². The number of aromatic nitrogens is 5. The first-order valence-electron chi connectivity index (χ1n) is 11.5. The van der Waals surface area contributed by atoms with Gasteiger partial charge in [-0.1, -0.05) is 0 Å². The van der Waals surface area contributed by atoms with E-state index in [1.165, 1.54) is 25.3 Å². The Balaban J connectivity index is 1.53. The number of pyridine rings is 1. The molecule has 0 radical (unpaired) electrons. The van der Waals surface area contributed by atoms with Gasteiger partial charge in [0.15, 0.2) is 17.1 Å². The molecule has 1 aromatic carbocycles. The molecule has 0 aliphatic heterocycles. The number of nitrogens with zero attached hydrogens (tertiary/aromatic N) is 4. The first-order valence-corrected chi connectivity index (χ1v) is 11.5. The van der Waals surface area contributed by atoms with E-state index in [4.69, 9.17) is 10.5 Å². The van der Waals surface area contributed by atoms with E-state index >= 15 is 0 Å². The van der Waals surface area contributed by atoms with Gasteiger partial charge >= 0.3 is 6.18 Å². The van der Waals surface area contributed by atoms with Crippen molar-refractivity contribution in [2.75, 3.05) is 5.73 Å². The normalized spacial score (nSPS) is 13.5. The highest BCUT2D eigenvalue weighted by Crippen LogP contribution is 2.33. The van der Waals surface area contributed by atoms with Crippen molar-refractivity contribution < 1.29 is 35.5 Å². The fraction of sp³-hybridized carbons (Fsp3) is 0.292. The molecule has 2 atom stereocenters. The Labute approximate surface area is 219 Å². The van der Waals surface area contributed by atoms with Crippen LogP contribution >= 0.6 is 0 Å². The standard InChI is InChI=1S/C24H19F7N6O3/c1-10(40-17-8-34-36-22(38)18(17)24(29,30)31)4-12(25)9-37-3-2-11-5-14(16(26)6-13(11)23(37)39)21-33-7-15(19(27)28)20(32)35-21/h2-3,5-8,10,12,19H,4,9H2,1H3,(H,36,38)(H2,32,33,35)/t10-,12-/m0/s1. The third-order valence-corrected chi connectivity index (χ3v) is 5.80. The molecule has 9 nitrogen and oxygen atoms in total. The van der Waals surface area contributed by atoms with Gasteiger partial charge in [-0.3, -0.25) is 9.59 Å². The predicted octanol–water partition coefficient (Wildman–Crippen LogP) is 4.42. The molecular formula is C24H19F7N6O3. The molecule has 3 heterocycles. The van der Waals surface area contributed by atoms with Crippen LogP contribution in [0, 0.1) is 5.82 Å². The summed E-state index contributed by atoms with van der Waals surface area (Å²) in [6, 6.07) is 3.45. The molecule has 16 heteroatoms. The topological polar surface area (TPSA) is 129 Å². The van der Waals surface area contributed by atoms with Gasteiger partial charge in [0.05, 0.1) is 35.4 Å². The monoisotopic (exact) mass is 572 g/mol. The Bertz CT molecular complexity index is 1670. The van der Waals surface area contributed by atoms with Crippen molar-refractivity contribution in [1.82, 2.24) is 24.7 Å². The van der Waals surface area contributed by atoms with Gasteiger partial charge in [-0.15, -0.1) is 0 Å². The van der Waals surface area contributed by atoms with Crippen LogP contribution in [0.1, 0.15) is 30.9 Å². The quantitative estimate of drug-likeness (QED) is 0.299. The third kappa shape index (κ3) is 5.89. The van der Waals surface area contributed by atoms with E-state index in [1.807, 2.05) is 0 Å². The van der Waals surface area contributed by atoms with Gasteiger partial charge in [0.1, 0.15) is 17.8 Å². The Morgan fingerprint density at radius 1 is 1.15 bits per heavy atom. The maximum absolute atomic E-state index is 14.9. The van der Waals surface area contributed by atoms with E-state index in [2.05, 4.69) is 15.1 Å². The second-order valence-corrected chi connectivity index (χ2v) is 8.73. The first-order chi connectivity index (χ1) is 18.8. The van der Waals surface area contributed by atoms with Crippen LogP contribution in [-0.2, 0) is 12.7 Å². The van der Waals surface area contributed by atoms with Crippen molar-refractivity contribution in [3.8, 4) is 17.1 Å². The van der Waals surface area contributed by atoms with Gasteiger partial charge in [0, 0.05) is 18.8 Å². The molecule has 0 amide bonds. The average Bonchev–Trinajstić information content (AvgIpc) is 2.84. The van der Waals surface area contributed by atoms with Crippen LogP contribution in [0.2, 0.25) is 0 Å². The van der Waals surface area contributed by atoms with E-state index in [9.17, 15) is 40.3 Å². The summed E-state index contributed by atoms with van der Waals surface area (Å²) in [5.41, 5.74) is 0.763. The number of hydrogen-bond donors (Lipinski definition) is 2. The summed E-state index contributed by atoms with van der Waals surface area (Å²) in [5, 5.41) is 5.00. The number of ether oxygens (including phenoxy) is 1. The molecule has 212 valence electrons. The summed E-state index contributed by atoms with van der Waals surface area (Å²) in [4.78, 5) is 31.9. The second-order valence-electron chi connectivity index (χ2n) is 8.73. The summed E-state index contributed by atoms with van der Waals surface area (Å²) in [5.74, 6) is -2.66. The van der Waals surface area contributed by atoms with Gasteiger partial charge in [0.2, 0.25) is 0 Å². The van der Waals surface area contributed by atoms with Crippen molar-refractivity contribution in [3.05, 3.63) is 74.4 Å². The minimum atomic E-state index is -5.04. The highest BCUT2D eigenvalue weighted by molar-refractivity contribution is 5.86. The number of nitrogens with one attached hydrogen (secondary N) is 1. The minimum Gasteiger partial charge on any atom is -0.488 e. The van der Waals surface area contributed by atoms with Crippen LogP contribution in [0.25, 0.3) is 22.2 Å². The summed E-state index contributed by atoms with van der Waals surface area (Å²) in [6.07, 6.45) is -8.73. The molecule has 0 saturated carbocycles. The van der Waals surface area contributed by atoms with Gasteiger partial charge in [-0.2, -0.15) is 18.3 Å². The molecule has 0 bridgehead atoms. The average molecular weight is 572 g/mol. The van der Waals surface area contributed by atoms with Gasteiger partial charge < -0.3 is 15.0 Å². The number of nitrogens with two attached hydrogens (primary N) is 1. The van der Waals surface area contributed by atoms with Crippen LogP contribution in [0.15, 0.2) is 46.4 Å². The lowest BCUT2D eigenvalue weighted by molar-refractivity contribution is -0.140. The molecule has 3 aromatic heterocycles. The second kappa shape index (κ2) is 10.9. The summed E-state index contributed by atoms with van der Waals surface area (Å²) < 4.78 is 101. The van der Waals surface area contributed by atoms with Gasteiger partial charge in [0.25, 0.3) is 17.5 Å². The molecule has 4 aromatic rings. The van der Waals surface area contributed by atoms with Crippen molar-refractivity contribution >= 4 is 16.6 Å². The Kier molecular flexibility index (Phi) is 7.79. The maximum Gasteiger partial charge on any atom is 0.425 e. The molecule has 40 heavy (non-hydrogen) atoms. The first kappa shape index (κ1) is 28.5. The zero-order valence-electron chi connectivity index (χ0n) is 20.3. The molecule has 0 aliphatic carbocycles. The summed E-state index contributed by atoms with van der Waals surface area (Å²) >= 11 is 0. The zero-order valence-corrected chi connectivity index (χ0v) is 20.3. The van der Waals surface area contributed by atoms with E-state index < -0.39 is 77.5 Å². The van der Waals surface area contributed by atoms with Crippen LogP contribution in [0.3, 0.4) is 0 Å². The number of benzene rings is 1. The molecule has 3 N–H and O–H groups in total. The lowest BCUT2D eigenvalue weighted by Crippen LogP contribution is -2.29. The Hall–Kier alpha value is -4.50. The molecule has 4 rings (SSSR count). The largest absolute Gasteiger partial charge is 0.488 e. The Morgan fingerprint density at radius 3 is 2.52 bits per heavy atom. The molecule has 0 spiro atoms. The lowest BCUT2D eigenvalue weighted by Gasteiger charge is -2.19. The third-order valence-electron chi connectivity index (χ3n) is 5.80. The smallest absolute Gasteiger partial charge is 0.425 e.